The molecule has 0 aliphatic carbocycles. The molecule has 1 amide bonds. The quantitative estimate of drug-likeness (QED) is 0.436. The van der Waals surface area contributed by atoms with Gasteiger partial charge in [0.2, 0.25) is 5.91 Å². The summed E-state index contributed by atoms with van der Waals surface area (Å²) in [6, 6.07) is 24.8. The van der Waals surface area contributed by atoms with Crippen LogP contribution in [0.1, 0.15) is 22.8 Å². The summed E-state index contributed by atoms with van der Waals surface area (Å²) < 4.78 is 16.7. The lowest BCUT2D eigenvalue weighted by atomic mass is 9.87. The number of carbonyl (C=O) groups excluding carboxylic acids is 1. The summed E-state index contributed by atoms with van der Waals surface area (Å²) in [6.07, 6.45) is 0. The number of hydrogen-bond acceptors (Lipinski definition) is 5. The van der Waals surface area contributed by atoms with Gasteiger partial charge >= 0.3 is 0 Å². The van der Waals surface area contributed by atoms with Gasteiger partial charge in [-0.2, -0.15) is 0 Å². The summed E-state index contributed by atoms with van der Waals surface area (Å²) >= 11 is 0. The van der Waals surface area contributed by atoms with Crippen molar-refractivity contribution in [1.29, 1.82) is 0 Å². The Labute approximate surface area is 186 Å². The Morgan fingerprint density at radius 3 is 2.22 bits per heavy atom. The Morgan fingerprint density at radius 1 is 0.969 bits per heavy atom. The second-order valence-electron chi connectivity index (χ2n) is 7.71. The number of fused-ring (bicyclic) bond motifs is 2. The molecule has 0 bridgehead atoms. The van der Waals surface area contributed by atoms with Crippen LogP contribution in [0.3, 0.4) is 0 Å². The van der Waals surface area contributed by atoms with E-state index in [1.54, 1.807) is 19.1 Å². The van der Waals surface area contributed by atoms with Crippen molar-refractivity contribution < 1.29 is 18.8 Å². The summed E-state index contributed by atoms with van der Waals surface area (Å²) in [5.74, 6) is 2.33. The summed E-state index contributed by atoms with van der Waals surface area (Å²) in [5, 5.41) is 4.16. The molecule has 1 aliphatic rings. The Kier molecular flexibility index (Phi) is 5.11. The molecule has 3 aromatic carbocycles. The molecular formula is C26H22N2O4. The number of hydrogen-bond donors (Lipinski definition) is 0. The number of methoxy groups -OCH3 is 1. The fourth-order valence-corrected chi connectivity index (χ4v) is 3.99. The number of benzene rings is 3. The van der Waals surface area contributed by atoms with Crippen molar-refractivity contribution in [1.82, 2.24) is 10.1 Å². The van der Waals surface area contributed by atoms with Crippen LogP contribution in [-0.4, -0.2) is 30.1 Å². The lowest BCUT2D eigenvalue weighted by Crippen LogP contribution is -2.33. The van der Waals surface area contributed by atoms with E-state index in [0.29, 0.717) is 29.5 Å². The van der Waals surface area contributed by atoms with Crippen molar-refractivity contribution in [2.45, 2.75) is 12.5 Å². The normalized spacial score (nSPS) is 12.4. The van der Waals surface area contributed by atoms with E-state index in [1.165, 1.54) is 0 Å². The standard InChI is InChI=1S/C26H22N2O4/c1-28(16-19-15-22(27-32-19)17-11-13-18(30-2)14-12-17)26(29)25-20-7-3-5-9-23(20)31-24-10-6-4-8-21(24)25/h3-15,25H,16H2,1-2H3. The first-order valence-corrected chi connectivity index (χ1v) is 10.3. The predicted octanol–water partition coefficient (Wildman–Crippen LogP) is 5.25. The number of nitrogens with zero attached hydrogens (tertiary/aromatic N) is 2. The van der Waals surface area contributed by atoms with Crippen molar-refractivity contribution in [2.24, 2.45) is 0 Å². The molecular weight excluding hydrogens is 404 g/mol. The largest absolute Gasteiger partial charge is 0.497 e. The molecule has 0 radical (unpaired) electrons. The van der Waals surface area contributed by atoms with Gasteiger partial charge in [-0.3, -0.25) is 4.79 Å². The number of likely N-dealkylation sites (N-methyl/N-ethyl adjacent to an activating group) is 1. The second-order valence-corrected chi connectivity index (χ2v) is 7.71. The van der Waals surface area contributed by atoms with E-state index in [9.17, 15) is 4.79 Å². The van der Waals surface area contributed by atoms with E-state index in [1.807, 2.05) is 78.9 Å². The number of ether oxygens (including phenoxy) is 2. The SMILES string of the molecule is COc1ccc(-c2cc(CN(C)C(=O)C3c4ccccc4Oc4ccccc43)on2)cc1. The predicted molar refractivity (Wildman–Crippen MR) is 120 cm³/mol. The zero-order chi connectivity index (χ0) is 22.1. The van der Waals surface area contributed by atoms with E-state index in [4.69, 9.17) is 14.0 Å². The topological polar surface area (TPSA) is 64.8 Å². The molecule has 6 nitrogen and oxygen atoms in total. The molecule has 4 aromatic rings. The number of aromatic nitrogens is 1. The summed E-state index contributed by atoms with van der Waals surface area (Å²) in [5.41, 5.74) is 3.35. The van der Waals surface area contributed by atoms with Crippen molar-refractivity contribution >= 4 is 5.91 Å². The molecule has 2 heterocycles. The minimum Gasteiger partial charge on any atom is -0.497 e. The average Bonchev–Trinajstić information content (AvgIpc) is 3.30. The van der Waals surface area contributed by atoms with Gasteiger partial charge in [-0.25, -0.2) is 0 Å². The lowest BCUT2D eigenvalue weighted by Gasteiger charge is -2.30. The van der Waals surface area contributed by atoms with Crippen molar-refractivity contribution in [2.75, 3.05) is 14.2 Å². The summed E-state index contributed by atoms with van der Waals surface area (Å²) in [4.78, 5) is 15.2. The third kappa shape index (κ3) is 3.60. The molecule has 160 valence electrons. The van der Waals surface area contributed by atoms with Gasteiger partial charge < -0.3 is 18.9 Å². The van der Waals surface area contributed by atoms with Crippen LogP contribution in [0.2, 0.25) is 0 Å². The highest BCUT2D eigenvalue weighted by atomic mass is 16.5. The monoisotopic (exact) mass is 426 g/mol. The van der Waals surface area contributed by atoms with Crippen LogP contribution < -0.4 is 9.47 Å². The van der Waals surface area contributed by atoms with Crippen LogP contribution >= 0.6 is 0 Å². The number of carbonyl (C=O) groups is 1. The van der Waals surface area contributed by atoms with Gasteiger partial charge in [0.1, 0.15) is 22.9 Å². The maximum Gasteiger partial charge on any atom is 0.235 e. The van der Waals surface area contributed by atoms with Crippen molar-refractivity contribution in [3.8, 4) is 28.5 Å². The maximum atomic E-state index is 13.6. The zero-order valence-electron chi connectivity index (χ0n) is 17.8. The molecule has 6 heteroatoms. The van der Waals surface area contributed by atoms with Crippen LogP contribution in [-0.2, 0) is 11.3 Å². The first-order valence-electron chi connectivity index (χ1n) is 10.3. The molecule has 0 atom stereocenters. The third-order valence-electron chi connectivity index (χ3n) is 5.64. The van der Waals surface area contributed by atoms with E-state index < -0.39 is 5.92 Å². The van der Waals surface area contributed by atoms with Gasteiger partial charge in [0.15, 0.2) is 5.76 Å². The van der Waals surface area contributed by atoms with E-state index >= 15 is 0 Å². The zero-order valence-corrected chi connectivity index (χ0v) is 17.8. The maximum absolute atomic E-state index is 13.6. The highest BCUT2D eigenvalue weighted by molar-refractivity contribution is 5.89. The van der Waals surface area contributed by atoms with Gasteiger partial charge in [-0.05, 0) is 36.4 Å². The Balaban J connectivity index is 1.39. The first kappa shape index (κ1) is 19.9. The molecule has 0 spiro atoms. The molecule has 32 heavy (non-hydrogen) atoms. The van der Waals surface area contributed by atoms with Gasteiger partial charge in [0, 0.05) is 29.8 Å². The molecule has 0 fully saturated rings. The smallest absolute Gasteiger partial charge is 0.235 e. The third-order valence-corrected chi connectivity index (χ3v) is 5.64. The molecule has 1 aromatic heterocycles. The minimum atomic E-state index is -0.440. The minimum absolute atomic E-state index is 0.0319. The van der Waals surface area contributed by atoms with Gasteiger partial charge in [-0.1, -0.05) is 41.6 Å². The van der Waals surface area contributed by atoms with E-state index in [0.717, 1.165) is 22.4 Å². The molecule has 1 aliphatic heterocycles. The van der Waals surface area contributed by atoms with Crippen molar-refractivity contribution in [3.63, 3.8) is 0 Å². The van der Waals surface area contributed by atoms with Crippen molar-refractivity contribution in [3.05, 3.63) is 95.7 Å². The van der Waals surface area contributed by atoms with Gasteiger partial charge in [-0.15, -0.1) is 0 Å². The van der Waals surface area contributed by atoms with Crippen LogP contribution in [0.15, 0.2) is 83.4 Å². The van der Waals surface area contributed by atoms with Crippen LogP contribution in [0.4, 0.5) is 0 Å². The number of amides is 1. The number of rotatable bonds is 5. The molecule has 0 N–H and O–H groups in total. The first-order chi connectivity index (χ1) is 15.6. The molecule has 0 saturated carbocycles. The Hall–Kier alpha value is -4.06. The summed E-state index contributed by atoms with van der Waals surface area (Å²) in [7, 11) is 3.41. The Morgan fingerprint density at radius 2 is 1.59 bits per heavy atom. The highest BCUT2D eigenvalue weighted by Gasteiger charge is 2.34. The van der Waals surface area contributed by atoms with Crippen LogP contribution in [0.5, 0.6) is 17.2 Å². The fraction of sp³-hybridized carbons (Fsp3) is 0.154. The van der Waals surface area contributed by atoms with Crippen LogP contribution in [0.25, 0.3) is 11.3 Å². The Bertz CT molecular complexity index is 1220. The van der Waals surface area contributed by atoms with Gasteiger partial charge in [0.25, 0.3) is 0 Å². The molecule has 0 unspecified atom stereocenters. The van der Waals surface area contributed by atoms with E-state index in [2.05, 4.69) is 5.16 Å². The lowest BCUT2D eigenvalue weighted by molar-refractivity contribution is -0.131. The van der Waals surface area contributed by atoms with Gasteiger partial charge in [0.05, 0.1) is 19.6 Å². The van der Waals surface area contributed by atoms with E-state index in [-0.39, 0.29) is 5.91 Å². The fourth-order valence-electron chi connectivity index (χ4n) is 3.99. The number of para-hydroxylation sites is 2. The molecule has 5 rings (SSSR count). The molecule has 0 saturated heterocycles. The average molecular weight is 426 g/mol. The highest BCUT2D eigenvalue weighted by Crippen LogP contribution is 2.44. The van der Waals surface area contributed by atoms with Crippen LogP contribution in [0, 0.1) is 0 Å². The second kappa shape index (κ2) is 8.23. The summed E-state index contributed by atoms with van der Waals surface area (Å²) in [6.45, 7) is 0.309.